The third kappa shape index (κ3) is 4.85. The molecule has 12 rings (SSSR count). The molecule has 0 atom stereocenters. The maximum Gasteiger partial charge on any atom is 0.164 e. The number of hydrogen-bond donors (Lipinski definition) is 0. The number of benzene rings is 9. The number of para-hydroxylation sites is 1. The Kier molecular flexibility index (Phi) is 6.94. The lowest BCUT2D eigenvalue weighted by molar-refractivity contribution is 0.660. The van der Waals surface area contributed by atoms with Crippen LogP contribution in [0.4, 0.5) is 0 Å². The predicted octanol–water partition coefficient (Wildman–Crippen LogP) is 14.2. The normalized spacial score (nSPS) is 13.1. The molecule has 4 heteroatoms. The lowest BCUT2D eigenvalue weighted by Gasteiger charge is -2.21. The molecule has 2 heterocycles. The van der Waals surface area contributed by atoms with Crippen LogP contribution in [0, 0.1) is 0 Å². The predicted molar refractivity (Wildman–Crippen MR) is 239 cm³/mol. The van der Waals surface area contributed by atoms with Crippen LogP contribution in [0.15, 0.2) is 180 Å². The highest BCUT2D eigenvalue weighted by atomic mass is 16.3. The fraction of sp³-hybridized carbons (Fsp3) is 0.0556. The maximum absolute atomic E-state index is 6.64. The first-order valence-corrected chi connectivity index (χ1v) is 19.9. The number of fused-ring (bicyclic) bond motifs is 13. The summed E-state index contributed by atoms with van der Waals surface area (Å²) in [6, 6.07) is 62.4. The van der Waals surface area contributed by atoms with Gasteiger partial charge in [0.25, 0.3) is 0 Å². The zero-order valence-electron chi connectivity index (χ0n) is 32.0. The van der Waals surface area contributed by atoms with Crippen molar-refractivity contribution in [2.24, 2.45) is 0 Å². The minimum absolute atomic E-state index is 0.0909. The van der Waals surface area contributed by atoms with E-state index >= 15 is 0 Å². The van der Waals surface area contributed by atoms with Crippen molar-refractivity contribution in [3.63, 3.8) is 0 Å². The minimum Gasteiger partial charge on any atom is -0.455 e. The SMILES string of the molecule is CC1(C)c2ccccc2-c2cc(-c3nc(-c4ccc(-c5ccccc5)cc4)nc(-c4ccc5c(c4)c4ccccc4c4ccc6c7ccccc7oc6c45)n3)ccc21. The van der Waals surface area contributed by atoms with Gasteiger partial charge in [0.1, 0.15) is 11.2 Å². The maximum atomic E-state index is 6.64. The van der Waals surface area contributed by atoms with Gasteiger partial charge in [-0.25, -0.2) is 15.0 Å². The van der Waals surface area contributed by atoms with Crippen molar-refractivity contribution in [3.8, 4) is 56.4 Å². The number of hydrogen-bond acceptors (Lipinski definition) is 4. The molecule has 2 aromatic heterocycles. The highest BCUT2D eigenvalue weighted by molar-refractivity contribution is 6.32. The molecule has 1 aliphatic rings. The first-order valence-electron chi connectivity index (χ1n) is 19.9. The molecule has 0 saturated carbocycles. The van der Waals surface area contributed by atoms with Gasteiger partial charge in [-0.15, -0.1) is 0 Å². The van der Waals surface area contributed by atoms with Gasteiger partial charge in [-0.1, -0.05) is 166 Å². The standard InChI is InChI=1S/C54H35N3O/c1-54(2)46-18-10-8-16-39(46)45-31-36(25-29-47(45)54)53-56-51(34-22-20-33(21-23-34)32-12-4-3-5-13-32)55-52(57-53)35-24-26-42-44(30-35)38-15-7-6-14-37(38)41-27-28-43-40-17-9-11-19-48(40)58-50(43)49(41)42/h3-31H,1-2H3. The average Bonchev–Trinajstić information content (AvgIpc) is 3.78. The van der Waals surface area contributed by atoms with Crippen LogP contribution >= 0.6 is 0 Å². The summed E-state index contributed by atoms with van der Waals surface area (Å²) in [6.07, 6.45) is 0. The molecule has 4 nitrogen and oxygen atoms in total. The molecule has 0 radical (unpaired) electrons. The first-order chi connectivity index (χ1) is 28.5. The Labute approximate surface area is 335 Å². The van der Waals surface area contributed by atoms with E-state index in [2.05, 4.69) is 172 Å². The summed E-state index contributed by atoms with van der Waals surface area (Å²) in [5, 5.41) is 9.15. The van der Waals surface area contributed by atoms with Gasteiger partial charge in [0.05, 0.1) is 0 Å². The Morgan fingerprint density at radius 2 is 0.879 bits per heavy atom. The van der Waals surface area contributed by atoms with Gasteiger partial charge >= 0.3 is 0 Å². The molecule has 0 unspecified atom stereocenters. The molecular weight excluding hydrogens is 707 g/mol. The van der Waals surface area contributed by atoms with E-state index < -0.39 is 0 Å². The first kappa shape index (κ1) is 32.8. The second-order valence-electron chi connectivity index (χ2n) is 15.9. The number of nitrogens with zero attached hydrogens (tertiary/aromatic N) is 3. The van der Waals surface area contributed by atoms with Crippen LogP contribution in [0.1, 0.15) is 25.0 Å². The summed E-state index contributed by atoms with van der Waals surface area (Å²) < 4.78 is 6.64. The Hall–Kier alpha value is -7.43. The molecule has 0 bridgehead atoms. The van der Waals surface area contributed by atoms with E-state index in [1.807, 2.05) is 18.2 Å². The van der Waals surface area contributed by atoms with E-state index in [-0.39, 0.29) is 5.41 Å². The Morgan fingerprint density at radius 3 is 1.67 bits per heavy atom. The summed E-state index contributed by atoms with van der Waals surface area (Å²) in [6.45, 7) is 4.61. The van der Waals surface area contributed by atoms with Gasteiger partial charge < -0.3 is 4.42 Å². The lowest BCUT2D eigenvalue weighted by Crippen LogP contribution is -2.14. The van der Waals surface area contributed by atoms with Crippen molar-refractivity contribution in [1.82, 2.24) is 15.0 Å². The fourth-order valence-corrected chi connectivity index (χ4v) is 9.42. The summed E-state index contributed by atoms with van der Waals surface area (Å²) in [4.78, 5) is 15.7. The van der Waals surface area contributed by atoms with Gasteiger partial charge in [0, 0.05) is 38.3 Å². The smallest absolute Gasteiger partial charge is 0.164 e. The zero-order chi connectivity index (χ0) is 38.5. The molecule has 9 aromatic carbocycles. The van der Waals surface area contributed by atoms with Crippen LogP contribution in [0.3, 0.4) is 0 Å². The van der Waals surface area contributed by atoms with Crippen LogP contribution in [0.5, 0.6) is 0 Å². The molecule has 0 amide bonds. The van der Waals surface area contributed by atoms with Crippen LogP contribution in [-0.2, 0) is 5.41 Å². The van der Waals surface area contributed by atoms with Crippen molar-refractivity contribution in [1.29, 1.82) is 0 Å². The topological polar surface area (TPSA) is 51.8 Å². The molecule has 0 fully saturated rings. The third-order valence-corrected chi connectivity index (χ3v) is 12.3. The molecule has 1 aliphatic carbocycles. The lowest BCUT2D eigenvalue weighted by atomic mass is 9.82. The van der Waals surface area contributed by atoms with Gasteiger partial charge in [0.2, 0.25) is 0 Å². The Bertz CT molecular complexity index is 3470. The summed E-state index contributed by atoms with van der Waals surface area (Å²) >= 11 is 0. The van der Waals surface area contributed by atoms with E-state index in [9.17, 15) is 0 Å². The van der Waals surface area contributed by atoms with E-state index in [0.29, 0.717) is 17.5 Å². The molecule has 0 N–H and O–H groups in total. The van der Waals surface area contributed by atoms with Crippen LogP contribution in [0.25, 0.3) is 111 Å². The van der Waals surface area contributed by atoms with Crippen molar-refractivity contribution in [2.75, 3.05) is 0 Å². The highest BCUT2D eigenvalue weighted by Gasteiger charge is 2.35. The molecule has 272 valence electrons. The van der Waals surface area contributed by atoms with Crippen molar-refractivity contribution in [2.45, 2.75) is 19.3 Å². The summed E-state index contributed by atoms with van der Waals surface area (Å²) in [5.74, 6) is 1.90. The Morgan fingerprint density at radius 1 is 0.362 bits per heavy atom. The van der Waals surface area contributed by atoms with Crippen LogP contribution in [0.2, 0.25) is 0 Å². The highest BCUT2D eigenvalue weighted by Crippen LogP contribution is 2.49. The monoisotopic (exact) mass is 741 g/mol. The largest absolute Gasteiger partial charge is 0.455 e. The second-order valence-corrected chi connectivity index (χ2v) is 15.9. The number of rotatable bonds is 4. The second kappa shape index (κ2) is 12.3. The fourth-order valence-electron chi connectivity index (χ4n) is 9.42. The van der Waals surface area contributed by atoms with Crippen molar-refractivity contribution >= 4 is 54.3 Å². The van der Waals surface area contributed by atoms with Crippen molar-refractivity contribution in [3.05, 3.63) is 187 Å². The average molecular weight is 742 g/mol. The molecule has 11 aromatic rings. The third-order valence-electron chi connectivity index (χ3n) is 12.3. The Balaban J connectivity index is 1.08. The van der Waals surface area contributed by atoms with E-state index in [0.717, 1.165) is 60.4 Å². The molecular formula is C54H35N3O. The molecule has 0 saturated heterocycles. The zero-order valence-corrected chi connectivity index (χ0v) is 32.0. The van der Waals surface area contributed by atoms with E-state index in [1.165, 1.54) is 44.0 Å². The van der Waals surface area contributed by atoms with Crippen molar-refractivity contribution < 1.29 is 4.42 Å². The van der Waals surface area contributed by atoms with Crippen LogP contribution < -0.4 is 0 Å². The van der Waals surface area contributed by atoms with E-state index in [4.69, 9.17) is 19.4 Å². The molecule has 58 heavy (non-hydrogen) atoms. The quantitative estimate of drug-likeness (QED) is 0.169. The number of aromatic nitrogens is 3. The summed E-state index contributed by atoms with van der Waals surface area (Å²) in [7, 11) is 0. The minimum atomic E-state index is -0.0909. The summed E-state index contributed by atoms with van der Waals surface area (Å²) in [5.41, 5.74) is 12.0. The van der Waals surface area contributed by atoms with E-state index in [1.54, 1.807) is 0 Å². The number of furan rings is 1. The van der Waals surface area contributed by atoms with Gasteiger partial charge in [-0.3, -0.25) is 0 Å². The van der Waals surface area contributed by atoms with Crippen LogP contribution in [-0.4, -0.2) is 15.0 Å². The molecule has 0 aliphatic heterocycles. The van der Waals surface area contributed by atoms with Gasteiger partial charge in [-0.05, 0) is 84.6 Å². The molecule has 0 spiro atoms. The van der Waals surface area contributed by atoms with Gasteiger partial charge in [-0.2, -0.15) is 0 Å². The van der Waals surface area contributed by atoms with Gasteiger partial charge in [0.15, 0.2) is 17.5 Å².